The number of rotatable bonds is 6. The Labute approximate surface area is 90.0 Å². The van der Waals surface area contributed by atoms with Gasteiger partial charge in [-0.1, -0.05) is 13.8 Å². The van der Waals surface area contributed by atoms with Crippen molar-refractivity contribution in [1.29, 1.82) is 0 Å². The fourth-order valence-corrected chi connectivity index (χ4v) is 1.68. The van der Waals surface area contributed by atoms with E-state index in [0.29, 0.717) is 12.8 Å². The summed E-state index contributed by atoms with van der Waals surface area (Å²) >= 11 is 0. The van der Waals surface area contributed by atoms with E-state index in [1.165, 1.54) is 0 Å². The molecule has 4 heteroatoms. The fourth-order valence-electron chi connectivity index (χ4n) is 1.68. The van der Waals surface area contributed by atoms with Crippen molar-refractivity contribution in [3.05, 3.63) is 0 Å². The second-order valence-electron chi connectivity index (χ2n) is 4.32. The molecule has 0 bridgehead atoms. The normalized spacial score (nSPS) is 17.5. The summed E-state index contributed by atoms with van der Waals surface area (Å²) in [5, 5.41) is 11.7. The highest BCUT2D eigenvalue weighted by Gasteiger charge is 2.50. The molecule has 2 N–H and O–H groups in total. The van der Waals surface area contributed by atoms with Gasteiger partial charge in [0.2, 0.25) is 5.91 Å². The monoisotopic (exact) mass is 213 g/mol. The van der Waals surface area contributed by atoms with Crippen molar-refractivity contribution < 1.29 is 14.7 Å². The van der Waals surface area contributed by atoms with E-state index in [9.17, 15) is 9.59 Å². The first-order valence-corrected chi connectivity index (χ1v) is 5.57. The minimum absolute atomic E-state index is 0.00692. The van der Waals surface area contributed by atoms with Gasteiger partial charge in [-0.25, -0.2) is 0 Å². The summed E-state index contributed by atoms with van der Waals surface area (Å²) in [6, 6.07) is 0. The second kappa shape index (κ2) is 4.64. The summed E-state index contributed by atoms with van der Waals surface area (Å²) in [6.45, 7) is 4.23. The SMILES string of the molecule is CCC(CC)C(=O)NCC1(C(=O)O)CC1. The van der Waals surface area contributed by atoms with Crippen LogP contribution in [0.4, 0.5) is 0 Å². The Morgan fingerprint density at radius 2 is 1.87 bits per heavy atom. The number of amides is 1. The third-order valence-electron chi connectivity index (χ3n) is 3.26. The fraction of sp³-hybridized carbons (Fsp3) is 0.818. The number of carbonyl (C=O) groups excluding carboxylic acids is 1. The van der Waals surface area contributed by atoms with Crippen LogP contribution in [0, 0.1) is 11.3 Å². The molecule has 0 spiro atoms. The van der Waals surface area contributed by atoms with E-state index in [0.717, 1.165) is 12.8 Å². The molecule has 15 heavy (non-hydrogen) atoms. The van der Waals surface area contributed by atoms with Crippen molar-refractivity contribution in [2.24, 2.45) is 11.3 Å². The molecule has 0 radical (unpaired) electrons. The Balaban J connectivity index is 2.37. The molecule has 0 heterocycles. The lowest BCUT2D eigenvalue weighted by Crippen LogP contribution is -2.37. The van der Waals surface area contributed by atoms with Crippen molar-refractivity contribution in [2.75, 3.05) is 6.54 Å². The van der Waals surface area contributed by atoms with Crippen LogP contribution in [0.25, 0.3) is 0 Å². The van der Waals surface area contributed by atoms with Gasteiger partial charge in [0.05, 0.1) is 5.41 Å². The Kier molecular flexibility index (Phi) is 3.72. The van der Waals surface area contributed by atoms with Crippen LogP contribution in [0.5, 0.6) is 0 Å². The molecule has 0 aromatic carbocycles. The molecule has 1 rings (SSSR count). The van der Waals surface area contributed by atoms with Gasteiger partial charge in [0.15, 0.2) is 0 Å². The van der Waals surface area contributed by atoms with Crippen LogP contribution >= 0.6 is 0 Å². The van der Waals surface area contributed by atoms with Crippen LogP contribution in [0.1, 0.15) is 39.5 Å². The lowest BCUT2D eigenvalue weighted by atomic mass is 10.0. The number of hydrogen-bond donors (Lipinski definition) is 2. The topological polar surface area (TPSA) is 66.4 Å². The van der Waals surface area contributed by atoms with E-state index in [-0.39, 0.29) is 18.4 Å². The molecule has 86 valence electrons. The minimum Gasteiger partial charge on any atom is -0.481 e. The molecule has 4 nitrogen and oxygen atoms in total. The summed E-state index contributed by atoms with van der Waals surface area (Å²) in [5.74, 6) is -0.769. The number of hydrogen-bond acceptors (Lipinski definition) is 2. The van der Waals surface area contributed by atoms with Gasteiger partial charge in [0.1, 0.15) is 0 Å². The molecule has 0 aromatic heterocycles. The number of aliphatic carboxylic acids is 1. The van der Waals surface area contributed by atoms with Crippen LogP contribution in [0.3, 0.4) is 0 Å². The first-order valence-electron chi connectivity index (χ1n) is 5.57. The number of carbonyl (C=O) groups is 2. The average molecular weight is 213 g/mol. The first-order chi connectivity index (χ1) is 7.05. The third kappa shape index (κ3) is 2.70. The lowest BCUT2D eigenvalue weighted by molar-refractivity contribution is -0.143. The maximum atomic E-state index is 11.6. The highest BCUT2D eigenvalue weighted by molar-refractivity contribution is 5.82. The van der Waals surface area contributed by atoms with Gasteiger partial charge in [-0.2, -0.15) is 0 Å². The summed E-state index contributed by atoms with van der Waals surface area (Å²) < 4.78 is 0. The Hall–Kier alpha value is -1.06. The number of nitrogens with one attached hydrogen (secondary N) is 1. The summed E-state index contributed by atoms with van der Waals surface area (Å²) in [4.78, 5) is 22.5. The van der Waals surface area contributed by atoms with Crippen LogP contribution in [0.2, 0.25) is 0 Å². The van der Waals surface area contributed by atoms with Crippen molar-refractivity contribution >= 4 is 11.9 Å². The van der Waals surface area contributed by atoms with Gasteiger partial charge in [0, 0.05) is 12.5 Å². The predicted molar refractivity (Wildman–Crippen MR) is 56.4 cm³/mol. The summed E-state index contributed by atoms with van der Waals surface area (Å²) in [7, 11) is 0. The smallest absolute Gasteiger partial charge is 0.311 e. The van der Waals surface area contributed by atoms with Crippen LogP contribution in [0.15, 0.2) is 0 Å². The predicted octanol–water partition coefficient (Wildman–Crippen LogP) is 1.40. The van der Waals surface area contributed by atoms with Crippen LogP contribution < -0.4 is 5.32 Å². The zero-order chi connectivity index (χ0) is 11.5. The van der Waals surface area contributed by atoms with E-state index in [1.54, 1.807) is 0 Å². The van der Waals surface area contributed by atoms with Crippen LogP contribution in [-0.2, 0) is 9.59 Å². The molecular weight excluding hydrogens is 194 g/mol. The largest absolute Gasteiger partial charge is 0.481 e. The average Bonchev–Trinajstić information content (AvgIpc) is 2.97. The molecule has 1 aliphatic rings. The van der Waals surface area contributed by atoms with Crippen molar-refractivity contribution in [3.63, 3.8) is 0 Å². The van der Waals surface area contributed by atoms with Gasteiger partial charge >= 0.3 is 5.97 Å². The zero-order valence-electron chi connectivity index (χ0n) is 9.38. The number of carboxylic acid groups (broad SMARTS) is 1. The minimum atomic E-state index is -0.785. The summed E-state index contributed by atoms with van der Waals surface area (Å²) in [5.41, 5.74) is -0.651. The summed E-state index contributed by atoms with van der Waals surface area (Å²) in [6.07, 6.45) is 2.99. The van der Waals surface area contributed by atoms with Crippen molar-refractivity contribution in [2.45, 2.75) is 39.5 Å². The van der Waals surface area contributed by atoms with Crippen molar-refractivity contribution in [1.82, 2.24) is 5.32 Å². The van der Waals surface area contributed by atoms with Gasteiger partial charge in [-0.3, -0.25) is 9.59 Å². The maximum Gasteiger partial charge on any atom is 0.311 e. The Morgan fingerprint density at radius 3 is 2.20 bits per heavy atom. The molecule has 0 unspecified atom stereocenters. The zero-order valence-corrected chi connectivity index (χ0v) is 9.38. The molecule has 1 aliphatic carbocycles. The first kappa shape index (κ1) is 12.0. The molecule has 0 saturated heterocycles. The Morgan fingerprint density at radius 1 is 1.33 bits per heavy atom. The number of carboxylic acids is 1. The molecule has 0 atom stereocenters. The third-order valence-corrected chi connectivity index (χ3v) is 3.26. The van der Waals surface area contributed by atoms with Crippen LogP contribution in [-0.4, -0.2) is 23.5 Å². The maximum absolute atomic E-state index is 11.6. The van der Waals surface area contributed by atoms with Gasteiger partial charge < -0.3 is 10.4 Å². The highest BCUT2D eigenvalue weighted by atomic mass is 16.4. The van der Waals surface area contributed by atoms with E-state index < -0.39 is 11.4 Å². The second-order valence-corrected chi connectivity index (χ2v) is 4.32. The van der Waals surface area contributed by atoms with E-state index in [1.807, 2.05) is 13.8 Å². The van der Waals surface area contributed by atoms with Gasteiger partial charge in [0.25, 0.3) is 0 Å². The van der Waals surface area contributed by atoms with E-state index >= 15 is 0 Å². The Bertz CT molecular complexity index is 255. The quantitative estimate of drug-likeness (QED) is 0.701. The molecule has 1 saturated carbocycles. The molecule has 0 aliphatic heterocycles. The molecular formula is C11H19NO3. The van der Waals surface area contributed by atoms with Crippen molar-refractivity contribution in [3.8, 4) is 0 Å². The van der Waals surface area contributed by atoms with E-state index in [2.05, 4.69) is 5.32 Å². The highest BCUT2D eigenvalue weighted by Crippen LogP contribution is 2.45. The molecule has 1 amide bonds. The molecule has 0 aromatic rings. The van der Waals surface area contributed by atoms with E-state index in [4.69, 9.17) is 5.11 Å². The van der Waals surface area contributed by atoms with Gasteiger partial charge in [-0.15, -0.1) is 0 Å². The van der Waals surface area contributed by atoms with Gasteiger partial charge in [-0.05, 0) is 25.7 Å². The lowest BCUT2D eigenvalue weighted by Gasteiger charge is -2.15. The standard InChI is InChI=1S/C11H19NO3/c1-3-8(4-2)9(13)12-7-11(5-6-11)10(14)15/h8H,3-7H2,1-2H3,(H,12,13)(H,14,15). The molecule has 1 fully saturated rings.